The number of hydrogen-bond acceptors (Lipinski definition) is 4. The summed E-state index contributed by atoms with van der Waals surface area (Å²) >= 11 is 1.57. The molecular formula is C18H25N3OS. The second kappa shape index (κ2) is 7.90. The maximum absolute atomic E-state index is 12.2. The second-order valence-corrected chi connectivity index (χ2v) is 7.34. The molecule has 1 aliphatic heterocycles. The molecule has 1 aliphatic rings. The summed E-state index contributed by atoms with van der Waals surface area (Å²) in [7, 11) is 2.18. The zero-order valence-electron chi connectivity index (χ0n) is 13.8. The van der Waals surface area contributed by atoms with Crippen LogP contribution in [0.15, 0.2) is 30.3 Å². The van der Waals surface area contributed by atoms with Gasteiger partial charge in [-0.2, -0.15) is 0 Å². The van der Waals surface area contributed by atoms with Gasteiger partial charge >= 0.3 is 0 Å². The third-order valence-electron chi connectivity index (χ3n) is 4.43. The molecule has 0 radical (unpaired) electrons. The van der Waals surface area contributed by atoms with Gasteiger partial charge in [0.15, 0.2) is 0 Å². The summed E-state index contributed by atoms with van der Waals surface area (Å²) < 4.78 is 1.17. The number of hydrogen-bond donors (Lipinski definition) is 1. The number of nitrogens with one attached hydrogen (secondary N) is 1. The van der Waals surface area contributed by atoms with E-state index in [9.17, 15) is 4.79 Å². The van der Waals surface area contributed by atoms with Crippen molar-refractivity contribution in [1.29, 1.82) is 0 Å². The summed E-state index contributed by atoms with van der Waals surface area (Å²) in [5.74, 6) is 0.0609. The fourth-order valence-corrected chi connectivity index (χ4v) is 3.89. The highest BCUT2D eigenvalue weighted by atomic mass is 32.1. The highest BCUT2D eigenvalue weighted by molar-refractivity contribution is 7.20. The highest BCUT2D eigenvalue weighted by Gasteiger charge is 2.13. The van der Waals surface area contributed by atoms with Crippen molar-refractivity contribution in [1.82, 2.24) is 15.1 Å². The van der Waals surface area contributed by atoms with E-state index in [0.717, 1.165) is 36.2 Å². The average Bonchev–Trinajstić information content (AvgIpc) is 3.00. The molecule has 1 aromatic carbocycles. The van der Waals surface area contributed by atoms with Crippen LogP contribution in [-0.2, 0) is 0 Å². The van der Waals surface area contributed by atoms with Crippen molar-refractivity contribution in [2.75, 3.05) is 46.3 Å². The van der Waals surface area contributed by atoms with Crippen molar-refractivity contribution in [3.05, 3.63) is 35.2 Å². The van der Waals surface area contributed by atoms with Crippen molar-refractivity contribution in [2.24, 2.45) is 0 Å². The first-order chi connectivity index (χ1) is 11.2. The average molecular weight is 331 g/mol. The molecule has 1 N–H and O–H groups in total. The van der Waals surface area contributed by atoms with Gasteiger partial charge in [0.25, 0.3) is 5.91 Å². The van der Waals surface area contributed by atoms with Crippen LogP contribution in [0.4, 0.5) is 0 Å². The molecule has 1 fully saturated rings. The molecule has 0 saturated carbocycles. The monoisotopic (exact) mass is 331 g/mol. The summed E-state index contributed by atoms with van der Waals surface area (Å²) in [5.41, 5.74) is 0. The zero-order valence-corrected chi connectivity index (χ0v) is 14.6. The zero-order chi connectivity index (χ0) is 16.1. The van der Waals surface area contributed by atoms with Crippen LogP contribution in [0.25, 0.3) is 10.1 Å². The standard InChI is InChI=1S/C18H25N3OS/c1-20-10-12-21(13-11-20)9-5-4-8-19-18(22)17-14-15-6-2-3-7-16(15)23-17/h2-3,6-7,14H,4-5,8-13H2,1H3,(H,19,22). The Hall–Kier alpha value is -1.43. The molecule has 2 heterocycles. The van der Waals surface area contributed by atoms with E-state index in [0.29, 0.717) is 0 Å². The first-order valence-corrected chi connectivity index (χ1v) is 9.22. The van der Waals surface area contributed by atoms with E-state index in [-0.39, 0.29) is 5.91 Å². The van der Waals surface area contributed by atoms with Gasteiger partial charge in [0.1, 0.15) is 0 Å². The van der Waals surface area contributed by atoms with Gasteiger partial charge in [-0.3, -0.25) is 4.79 Å². The number of benzene rings is 1. The first kappa shape index (κ1) is 16.4. The van der Waals surface area contributed by atoms with Gasteiger partial charge in [0.2, 0.25) is 0 Å². The molecule has 5 heteroatoms. The van der Waals surface area contributed by atoms with E-state index in [1.165, 1.54) is 30.9 Å². The number of amides is 1. The Labute approximate surface area is 142 Å². The molecule has 0 bridgehead atoms. The van der Waals surface area contributed by atoms with Gasteiger partial charge in [-0.25, -0.2) is 0 Å². The summed E-state index contributed by atoms with van der Waals surface area (Å²) in [6.07, 6.45) is 2.19. The number of carbonyl (C=O) groups excluding carboxylic acids is 1. The normalized spacial score (nSPS) is 16.7. The van der Waals surface area contributed by atoms with Crippen LogP contribution in [0.1, 0.15) is 22.5 Å². The van der Waals surface area contributed by atoms with Gasteiger partial charge in [-0.1, -0.05) is 18.2 Å². The SMILES string of the molecule is CN1CCN(CCCCNC(=O)c2cc3ccccc3s2)CC1. The van der Waals surface area contributed by atoms with Gasteiger partial charge in [0, 0.05) is 37.4 Å². The molecule has 0 spiro atoms. The van der Waals surface area contributed by atoms with Crippen LogP contribution < -0.4 is 5.32 Å². The quantitative estimate of drug-likeness (QED) is 0.827. The van der Waals surface area contributed by atoms with E-state index in [2.05, 4.69) is 34.3 Å². The molecule has 0 unspecified atom stereocenters. The predicted molar refractivity (Wildman–Crippen MR) is 97.3 cm³/mol. The molecule has 3 rings (SSSR count). The lowest BCUT2D eigenvalue weighted by Crippen LogP contribution is -2.44. The predicted octanol–water partition coefficient (Wildman–Crippen LogP) is 2.66. The lowest BCUT2D eigenvalue weighted by Gasteiger charge is -2.32. The number of piperazine rings is 1. The third-order valence-corrected chi connectivity index (χ3v) is 5.55. The van der Waals surface area contributed by atoms with Crippen LogP contribution in [0.2, 0.25) is 0 Å². The molecule has 0 aliphatic carbocycles. The van der Waals surface area contributed by atoms with Gasteiger partial charge in [0.05, 0.1) is 4.88 Å². The lowest BCUT2D eigenvalue weighted by atomic mass is 10.2. The Morgan fingerprint density at radius 2 is 1.96 bits per heavy atom. The molecular weight excluding hydrogens is 306 g/mol. The van der Waals surface area contributed by atoms with Crippen LogP contribution in [-0.4, -0.2) is 62.0 Å². The Kier molecular flexibility index (Phi) is 5.65. The Morgan fingerprint density at radius 1 is 1.17 bits per heavy atom. The van der Waals surface area contributed by atoms with E-state index >= 15 is 0 Å². The second-order valence-electron chi connectivity index (χ2n) is 6.26. The van der Waals surface area contributed by atoms with E-state index < -0.39 is 0 Å². The molecule has 0 atom stereocenters. The minimum atomic E-state index is 0.0609. The van der Waals surface area contributed by atoms with E-state index in [1.54, 1.807) is 11.3 Å². The fraction of sp³-hybridized carbons (Fsp3) is 0.500. The molecule has 23 heavy (non-hydrogen) atoms. The molecule has 124 valence electrons. The minimum Gasteiger partial charge on any atom is -0.351 e. The number of unbranched alkanes of at least 4 members (excludes halogenated alkanes) is 1. The fourth-order valence-electron chi connectivity index (χ4n) is 2.91. The number of carbonyl (C=O) groups is 1. The number of likely N-dealkylation sites (N-methyl/N-ethyl adjacent to an activating group) is 1. The van der Waals surface area contributed by atoms with Crippen LogP contribution in [0.5, 0.6) is 0 Å². The lowest BCUT2D eigenvalue weighted by molar-refractivity contribution is 0.0956. The highest BCUT2D eigenvalue weighted by Crippen LogP contribution is 2.24. The summed E-state index contributed by atoms with van der Waals surface area (Å²) in [6.45, 7) is 6.59. The number of nitrogens with zero attached hydrogens (tertiary/aromatic N) is 2. The molecule has 1 amide bonds. The largest absolute Gasteiger partial charge is 0.351 e. The number of fused-ring (bicyclic) bond motifs is 1. The summed E-state index contributed by atoms with van der Waals surface area (Å²) in [6, 6.07) is 10.1. The van der Waals surface area contributed by atoms with E-state index in [4.69, 9.17) is 0 Å². The van der Waals surface area contributed by atoms with Crippen molar-refractivity contribution < 1.29 is 4.79 Å². The molecule has 1 saturated heterocycles. The number of thiophene rings is 1. The smallest absolute Gasteiger partial charge is 0.261 e. The van der Waals surface area contributed by atoms with Gasteiger partial charge in [-0.05, 0) is 44.0 Å². The van der Waals surface area contributed by atoms with Gasteiger partial charge < -0.3 is 15.1 Å². The molecule has 1 aromatic heterocycles. The maximum atomic E-state index is 12.2. The molecule has 2 aromatic rings. The van der Waals surface area contributed by atoms with Crippen LogP contribution >= 0.6 is 11.3 Å². The maximum Gasteiger partial charge on any atom is 0.261 e. The third kappa shape index (κ3) is 4.53. The van der Waals surface area contributed by atoms with Crippen molar-refractivity contribution in [3.8, 4) is 0 Å². The summed E-state index contributed by atoms with van der Waals surface area (Å²) in [5, 5.41) is 4.20. The van der Waals surface area contributed by atoms with E-state index in [1.807, 2.05) is 18.2 Å². The topological polar surface area (TPSA) is 35.6 Å². The van der Waals surface area contributed by atoms with Crippen molar-refractivity contribution in [2.45, 2.75) is 12.8 Å². The Bertz CT molecular complexity index is 614. The van der Waals surface area contributed by atoms with Crippen molar-refractivity contribution >= 4 is 27.3 Å². The minimum absolute atomic E-state index is 0.0609. The van der Waals surface area contributed by atoms with Crippen LogP contribution in [0, 0.1) is 0 Å². The first-order valence-electron chi connectivity index (χ1n) is 8.40. The number of rotatable bonds is 6. The molecule has 4 nitrogen and oxygen atoms in total. The Morgan fingerprint density at radius 3 is 2.74 bits per heavy atom. The van der Waals surface area contributed by atoms with Crippen LogP contribution in [0.3, 0.4) is 0 Å². The van der Waals surface area contributed by atoms with Gasteiger partial charge in [-0.15, -0.1) is 11.3 Å². The summed E-state index contributed by atoms with van der Waals surface area (Å²) in [4.78, 5) is 17.9. The van der Waals surface area contributed by atoms with Crippen molar-refractivity contribution in [3.63, 3.8) is 0 Å². The Balaban J connectivity index is 1.36.